The average Bonchev–Trinajstić information content (AvgIpc) is 2.60. The summed E-state index contributed by atoms with van der Waals surface area (Å²) < 4.78 is 31.6. The molecule has 2 heterocycles. The Balaban J connectivity index is 0. The van der Waals surface area contributed by atoms with Gasteiger partial charge in [0, 0.05) is 24.5 Å². The van der Waals surface area contributed by atoms with E-state index in [4.69, 9.17) is 43.1 Å². The van der Waals surface area contributed by atoms with Gasteiger partial charge in [0.25, 0.3) is 5.09 Å². The van der Waals surface area contributed by atoms with E-state index < -0.39 is 43.6 Å². The molecule has 7 N–H and O–H groups in total. The summed E-state index contributed by atoms with van der Waals surface area (Å²) in [5.41, 5.74) is -2.24. The number of nitro groups is 1. The van der Waals surface area contributed by atoms with Crippen LogP contribution in [0.1, 0.15) is 20.7 Å². The predicted molar refractivity (Wildman–Crippen MR) is 97.7 cm³/mol. The number of carboxylic acids is 2. The molecule has 0 aliphatic heterocycles. The zero-order valence-corrected chi connectivity index (χ0v) is 15.8. The van der Waals surface area contributed by atoms with Crippen molar-refractivity contribution in [2.45, 2.75) is 0 Å². The molecule has 0 radical (unpaired) electrons. The Bertz CT molecular complexity index is 1150. The van der Waals surface area contributed by atoms with Gasteiger partial charge in [-0.15, -0.1) is 10.1 Å². The van der Waals surface area contributed by atoms with Gasteiger partial charge in [0.15, 0.2) is 0 Å². The lowest BCUT2D eigenvalue weighted by molar-refractivity contribution is -0.742. The predicted octanol–water partition coefficient (Wildman–Crippen LogP) is -0.946. The summed E-state index contributed by atoms with van der Waals surface area (Å²) >= 11 is 0. The summed E-state index contributed by atoms with van der Waals surface area (Å²) in [7, 11) is -4.67. The van der Waals surface area contributed by atoms with Gasteiger partial charge in [-0.25, -0.2) is 9.59 Å². The first-order valence-electron chi connectivity index (χ1n) is 7.01. The van der Waals surface area contributed by atoms with E-state index in [1.165, 1.54) is 12.1 Å². The maximum absolute atomic E-state index is 10.7. The molecule has 0 bridgehead atoms. The third kappa shape index (κ3) is 16.3. The highest BCUT2D eigenvalue weighted by molar-refractivity contribution is 7.79. The number of hydrogen-bond acceptors (Lipinski definition) is 10. The molecular weight excluding hydrogens is 472 g/mol. The summed E-state index contributed by atoms with van der Waals surface area (Å²) in [6, 6.07) is 3.13. The van der Waals surface area contributed by atoms with Crippen LogP contribution >= 0.6 is 0 Å². The number of aromatic nitrogens is 2. The van der Waals surface area contributed by atoms with Gasteiger partial charge >= 0.3 is 33.6 Å². The second-order valence-electron chi connectivity index (χ2n) is 4.60. The van der Waals surface area contributed by atoms with Crippen LogP contribution < -0.4 is 11.1 Å². The molecule has 0 unspecified atom stereocenters. The van der Waals surface area contributed by atoms with Gasteiger partial charge in [0.1, 0.15) is 0 Å². The Kier molecular flexibility index (Phi) is 12.5. The average molecular weight is 484 g/mol. The Morgan fingerprint density at radius 3 is 1.62 bits per heavy atom. The minimum atomic E-state index is -4.67. The molecule has 2 aromatic heterocycles. The fourth-order valence-corrected chi connectivity index (χ4v) is 1.27. The van der Waals surface area contributed by atoms with E-state index in [2.05, 4.69) is 4.98 Å². The highest BCUT2D eigenvalue weighted by Gasteiger charge is 2.15. The molecule has 176 valence electrons. The van der Waals surface area contributed by atoms with E-state index in [1.54, 1.807) is 0 Å². The molecule has 2 rings (SSSR count). The SMILES string of the molecule is O=C(O)c1c[nH]c(=O)c([N+](=O)[O-])c1.O=C(O)c1ccc(=O)[nH]c1.O=S(=O)(O)O.O=[N+]([O-])O. The lowest BCUT2D eigenvalue weighted by Gasteiger charge is -1.92. The topological polar surface area (TPSA) is 321 Å². The molecule has 0 aliphatic rings. The first-order valence-corrected chi connectivity index (χ1v) is 8.41. The normalized spacial score (nSPS) is 9.31. The zero-order chi connectivity index (χ0) is 25.6. The number of rotatable bonds is 3. The second kappa shape index (κ2) is 13.5. The van der Waals surface area contributed by atoms with Crippen LogP contribution in [0.5, 0.6) is 0 Å². The van der Waals surface area contributed by atoms with Crippen LogP contribution in [0.2, 0.25) is 0 Å². The van der Waals surface area contributed by atoms with Crippen LogP contribution in [0.25, 0.3) is 0 Å². The van der Waals surface area contributed by atoms with Gasteiger partial charge < -0.3 is 25.4 Å². The molecule has 0 aromatic carbocycles. The first-order chi connectivity index (χ1) is 14.5. The molecule has 0 atom stereocenters. The second-order valence-corrected chi connectivity index (χ2v) is 5.49. The summed E-state index contributed by atoms with van der Waals surface area (Å²) in [4.78, 5) is 63.5. The van der Waals surface area contributed by atoms with Crippen molar-refractivity contribution in [2.24, 2.45) is 0 Å². The number of nitrogens with zero attached hydrogens (tertiary/aromatic N) is 2. The van der Waals surface area contributed by atoms with E-state index in [9.17, 15) is 29.3 Å². The molecule has 2 aromatic rings. The fraction of sp³-hybridized carbons (Fsp3) is 0. The van der Waals surface area contributed by atoms with Gasteiger partial charge in [0.2, 0.25) is 5.56 Å². The zero-order valence-electron chi connectivity index (χ0n) is 15.0. The standard InChI is InChI=1S/C6H4N2O5.C6H5NO3.HNO3.H2O4S/c9-5-4(8(12)13)1-3(2-7-5)6(10)11;8-5-2-1-4(3-7-5)6(9)10;2-1(3)4;1-5(2,3)4/h1-2H,(H,7,9)(H,10,11);1-3H,(H,7,8)(H,9,10);(H,2,3,4);(H2,1,2,3,4). The molecule has 0 spiro atoms. The van der Waals surface area contributed by atoms with Crippen molar-refractivity contribution in [3.8, 4) is 0 Å². The molecular formula is C12H12N4O15S. The van der Waals surface area contributed by atoms with Crippen LogP contribution in [0.4, 0.5) is 5.69 Å². The minimum Gasteiger partial charge on any atom is -0.478 e. The molecule has 0 aliphatic carbocycles. The largest absolute Gasteiger partial charge is 0.478 e. The van der Waals surface area contributed by atoms with Crippen molar-refractivity contribution in [2.75, 3.05) is 0 Å². The van der Waals surface area contributed by atoms with Crippen LogP contribution in [0.3, 0.4) is 0 Å². The van der Waals surface area contributed by atoms with Gasteiger partial charge in [0.05, 0.1) is 16.1 Å². The molecule has 19 nitrogen and oxygen atoms in total. The van der Waals surface area contributed by atoms with Gasteiger partial charge in [-0.2, -0.15) is 8.42 Å². The van der Waals surface area contributed by atoms with Crippen LogP contribution in [-0.2, 0) is 10.4 Å². The summed E-state index contributed by atoms with van der Waals surface area (Å²) in [6.07, 6.45) is 2.06. The van der Waals surface area contributed by atoms with E-state index in [0.29, 0.717) is 6.07 Å². The third-order valence-corrected chi connectivity index (χ3v) is 2.36. The Morgan fingerprint density at radius 1 is 0.906 bits per heavy atom. The fourth-order valence-electron chi connectivity index (χ4n) is 1.27. The van der Waals surface area contributed by atoms with Gasteiger partial charge in [-0.05, 0) is 6.07 Å². The van der Waals surface area contributed by atoms with Crippen molar-refractivity contribution < 1.29 is 52.5 Å². The van der Waals surface area contributed by atoms with Crippen molar-refractivity contribution in [1.82, 2.24) is 9.97 Å². The van der Waals surface area contributed by atoms with Gasteiger partial charge in [-0.3, -0.25) is 28.8 Å². The van der Waals surface area contributed by atoms with E-state index >= 15 is 0 Å². The minimum absolute atomic E-state index is 0.0830. The Hall–Kier alpha value is -4.69. The molecule has 0 saturated carbocycles. The molecule has 20 heteroatoms. The van der Waals surface area contributed by atoms with Crippen molar-refractivity contribution in [3.05, 3.63) is 82.7 Å². The smallest absolute Gasteiger partial charge is 0.394 e. The van der Waals surface area contributed by atoms with E-state index in [-0.39, 0.29) is 16.7 Å². The van der Waals surface area contributed by atoms with E-state index in [0.717, 1.165) is 12.4 Å². The van der Waals surface area contributed by atoms with Crippen molar-refractivity contribution in [1.29, 1.82) is 0 Å². The number of pyridine rings is 2. The van der Waals surface area contributed by atoms with Crippen molar-refractivity contribution >= 4 is 28.0 Å². The molecule has 0 fully saturated rings. The first kappa shape index (κ1) is 29.5. The number of aromatic amines is 2. The van der Waals surface area contributed by atoms with Crippen LogP contribution in [0, 0.1) is 20.2 Å². The summed E-state index contributed by atoms with van der Waals surface area (Å²) in [5.74, 6) is -2.38. The maximum Gasteiger partial charge on any atom is 0.394 e. The molecule has 0 saturated heterocycles. The highest BCUT2D eigenvalue weighted by Crippen LogP contribution is 2.05. The number of hydrogen-bond donors (Lipinski definition) is 7. The van der Waals surface area contributed by atoms with Crippen LogP contribution in [-0.4, -0.2) is 64.9 Å². The third-order valence-electron chi connectivity index (χ3n) is 2.36. The number of aromatic carboxylic acids is 2. The number of carboxylic acid groups (broad SMARTS) is 2. The van der Waals surface area contributed by atoms with Crippen LogP contribution in [0.15, 0.2) is 40.2 Å². The maximum atomic E-state index is 10.7. The van der Waals surface area contributed by atoms with E-state index in [1.807, 2.05) is 4.98 Å². The molecule has 32 heavy (non-hydrogen) atoms. The monoisotopic (exact) mass is 484 g/mol. The summed E-state index contributed by atoms with van der Waals surface area (Å²) in [5, 5.41) is 40.6. The Labute approximate surface area is 174 Å². The quantitative estimate of drug-likeness (QED) is 0.157. The number of nitrogens with one attached hydrogen (secondary N) is 2. The van der Waals surface area contributed by atoms with Gasteiger partial charge in [-0.1, -0.05) is 0 Å². The lowest BCUT2D eigenvalue weighted by atomic mass is 10.3. The van der Waals surface area contributed by atoms with Crippen molar-refractivity contribution in [3.63, 3.8) is 0 Å². The number of carbonyl (C=O) groups is 2. The number of H-pyrrole nitrogens is 2. The summed E-state index contributed by atoms with van der Waals surface area (Å²) in [6.45, 7) is 0. The highest BCUT2D eigenvalue weighted by atomic mass is 32.3. The Morgan fingerprint density at radius 2 is 1.31 bits per heavy atom. The lowest BCUT2D eigenvalue weighted by Crippen LogP contribution is -2.13. The molecule has 0 amide bonds.